The minimum Gasteiger partial charge on any atom is -0.496 e. The van der Waals surface area contributed by atoms with Gasteiger partial charge in [-0.1, -0.05) is 17.7 Å². The lowest BCUT2D eigenvalue weighted by Gasteiger charge is -2.12. The van der Waals surface area contributed by atoms with Crippen LogP contribution in [0.1, 0.15) is 18.4 Å². The van der Waals surface area contributed by atoms with Gasteiger partial charge < -0.3 is 10.1 Å². The Morgan fingerprint density at radius 3 is 2.59 bits per heavy atom. The first kappa shape index (κ1) is 11.9. The summed E-state index contributed by atoms with van der Waals surface area (Å²) < 4.78 is 5.15. The standard InChI is InChI=1S/C12H12ClNO3/c1-6-11(15)10(12(16)14-6)8-4-3-7(13)5-9(8)17-2/h3-6,10H,1-2H3,(H,14,16). The number of nitrogens with one attached hydrogen (secondary N) is 1. The molecule has 1 N–H and O–H groups in total. The number of benzene rings is 1. The van der Waals surface area contributed by atoms with Gasteiger partial charge in [-0.05, 0) is 19.1 Å². The maximum Gasteiger partial charge on any atom is 0.235 e. The molecule has 0 saturated carbocycles. The number of hydrogen-bond acceptors (Lipinski definition) is 3. The second-order valence-electron chi connectivity index (χ2n) is 3.95. The Morgan fingerprint density at radius 2 is 2.06 bits per heavy atom. The van der Waals surface area contributed by atoms with E-state index in [9.17, 15) is 9.59 Å². The molecule has 2 rings (SSSR count). The van der Waals surface area contributed by atoms with Gasteiger partial charge in [0.1, 0.15) is 11.7 Å². The van der Waals surface area contributed by atoms with E-state index in [0.29, 0.717) is 16.3 Å². The van der Waals surface area contributed by atoms with Crippen LogP contribution in [0.4, 0.5) is 0 Å². The van der Waals surface area contributed by atoms with Gasteiger partial charge in [0.2, 0.25) is 5.91 Å². The average molecular weight is 254 g/mol. The largest absolute Gasteiger partial charge is 0.496 e. The van der Waals surface area contributed by atoms with Gasteiger partial charge in [-0.25, -0.2) is 0 Å². The van der Waals surface area contributed by atoms with Gasteiger partial charge in [0.15, 0.2) is 5.78 Å². The van der Waals surface area contributed by atoms with Gasteiger partial charge in [-0.15, -0.1) is 0 Å². The highest BCUT2D eigenvalue weighted by Gasteiger charge is 2.40. The number of ketones is 1. The van der Waals surface area contributed by atoms with Crippen molar-refractivity contribution in [3.63, 3.8) is 0 Å². The second-order valence-corrected chi connectivity index (χ2v) is 4.39. The third-order valence-corrected chi connectivity index (χ3v) is 3.07. The van der Waals surface area contributed by atoms with Crippen molar-refractivity contribution in [2.24, 2.45) is 0 Å². The lowest BCUT2D eigenvalue weighted by Crippen LogP contribution is -2.25. The van der Waals surface area contributed by atoms with E-state index in [0.717, 1.165) is 0 Å². The van der Waals surface area contributed by atoms with Crippen molar-refractivity contribution < 1.29 is 14.3 Å². The van der Waals surface area contributed by atoms with Gasteiger partial charge in [-0.3, -0.25) is 9.59 Å². The number of carbonyl (C=O) groups is 2. The third-order valence-electron chi connectivity index (χ3n) is 2.84. The number of methoxy groups -OCH3 is 1. The predicted octanol–water partition coefficient (Wildman–Crippen LogP) is 1.52. The zero-order valence-electron chi connectivity index (χ0n) is 9.49. The Balaban J connectivity index is 2.47. The van der Waals surface area contributed by atoms with E-state index in [4.69, 9.17) is 16.3 Å². The molecule has 1 fully saturated rings. The van der Waals surface area contributed by atoms with Crippen molar-refractivity contribution in [3.05, 3.63) is 28.8 Å². The van der Waals surface area contributed by atoms with Gasteiger partial charge in [0.05, 0.1) is 13.2 Å². The molecule has 1 aromatic rings. The van der Waals surface area contributed by atoms with E-state index >= 15 is 0 Å². The molecule has 0 radical (unpaired) electrons. The van der Waals surface area contributed by atoms with E-state index in [1.807, 2.05) is 0 Å². The number of Topliss-reactive ketones (excluding diaryl/α,β-unsaturated/α-hetero) is 1. The number of rotatable bonds is 2. The first-order valence-corrected chi connectivity index (χ1v) is 5.60. The monoisotopic (exact) mass is 253 g/mol. The van der Waals surface area contributed by atoms with Gasteiger partial charge >= 0.3 is 0 Å². The first-order valence-electron chi connectivity index (χ1n) is 5.22. The molecule has 5 heteroatoms. The molecule has 2 unspecified atom stereocenters. The molecule has 1 aromatic carbocycles. The lowest BCUT2D eigenvalue weighted by molar-refractivity contribution is -0.124. The molecule has 0 spiro atoms. The molecule has 0 bridgehead atoms. The number of ether oxygens (including phenoxy) is 1. The number of hydrogen-bond donors (Lipinski definition) is 1. The van der Waals surface area contributed by atoms with Crippen LogP contribution in [0.25, 0.3) is 0 Å². The summed E-state index contributed by atoms with van der Waals surface area (Å²) in [5, 5.41) is 3.11. The van der Waals surface area contributed by atoms with Crippen molar-refractivity contribution in [3.8, 4) is 5.75 Å². The summed E-state index contributed by atoms with van der Waals surface area (Å²) in [5.41, 5.74) is 0.559. The van der Waals surface area contributed by atoms with Crippen LogP contribution in [0.2, 0.25) is 5.02 Å². The maximum absolute atomic E-state index is 11.9. The van der Waals surface area contributed by atoms with Crippen molar-refractivity contribution in [2.45, 2.75) is 18.9 Å². The fourth-order valence-corrected chi connectivity index (χ4v) is 2.13. The fraction of sp³-hybridized carbons (Fsp3) is 0.333. The fourth-order valence-electron chi connectivity index (χ4n) is 1.97. The van der Waals surface area contributed by atoms with E-state index in [1.165, 1.54) is 7.11 Å². The molecule has 1 heterocycles. The molecule has 1 aliphatic rings. The van der Waals surface area contributed by atoms with Crippen LogP contribution in [-0.2, 0) is 9.59 Å². The highest BCUT2D eigenvalue weighted by Crippen LogP contribution is 2.33. The summed E-state index contributed by atoms with van der Waals surface area (Å²) in [7, 11) is 1.48. The predicted molar refractivity (Wildman–Crippen MR) is 63.4 cm³/mol. The highest BCUT2D eigenvalue weighted by molar-refractivity contribution is 6.30. The normalized spacial score (nSPS) is 23.7. The van der Waals surface area contributed by atoms with Crippen LogP contribution in [0.15, 0.2) is 18.2 Å². The van der Waals surface area contributed by atoms with Gasteiger partial charge in [0.25, 0.3) is 0 Å². The van der Waals surface area contributed by atoms with Crippen LogP contribution in [0, 0.1) is 0 Å². The molecular weight excluding hydrogens is 242 g/mol. The van der Waals surface area contributed by atoms with E-state index in [-0.39, 0.29) is 11.7 Å². The van der Waals surface area contributed by atoms with E-state index < -0.39 is 12.0 Å². The summed E-state index contributed by atoms with van der Waals surface area (Å²) in [4.78, 5) is 23.6. The summed E-state index contributed by atoms with van der Waals surface area (Å²) in [6, 6.07) is 4.44. The molecule has 4 nitrogen and oxygen atoms in total. The smallest absolute Gasteiger partial charge is 0.235 e. The second kappa shape index (κ2) is 4.37. The number of amides is 1. The van der Waals surface area contributed by atoms with E-state index in [1.54, 1.807) is 25.1 Å². The zero-order chi connectivity index (χ0) is 12.6. The number of halogens is 1. The van der Waals surface area contributed by atoms with E-state index in [2.05, 4.69) is 5.32 Å². The van der Waals surface area contributed by atoms with Crippen molar-refractivity contribution in [1.82, 2.24) is 5.32 Å². The quantitative estimate of drug-likeness (QED) is 0.813. The van der Waals surface area contributed by atoms with Gasteiger partial charge in [-0.2, -0.15) is 0 Å². The van der Waals surface area contributed by atoms with Crippen LogP contribution < -0.4 is 10.1 Å². The molecule has 1 aliphatic heterocycles. The molecule has 90 valence electrons. The van der Waals surface area contributed by atoms with Gasteiger partial charge in [0, 0.05) is 10.6 Å². The molecule has 1 amide bonds. The maximum atomic E-state index is 11.9. The molecule has 2 atom stereocenters. The zero-order valence-corrected chi connectivity index (χ0v) is 10.2. The summed E-state index contributed by atoms with van der Waals surface area (Å²) >= 11 is 5.84. The Bertz CT molecular complexity index is 487. The summed E-state index contributed by atoms with van der Waals surface area (Å²) in [6.07, 6.45) is 0. The average Bonchev–Trinajstić information content (AvgIpc) is 2.54. The minimum absolute atomic E-state index is 0.143. The van der Waals surface area contributed by atoms with Crippen LogP contribution in [0.3, 0.4) is 0 Å². The first-order chi connectivity index (χ1) is 8.04. The Labute approximate surface area is 104 Å². The van der Waals surface area contributed by atoms with Crippen molar-refractivity contribution in [2.75, 3.05) is 7.11 Å². The molecule has 0 aliphatic carbocycles. The number of carbonyl (C=O) groups excluding carboxylic acids is 2. The Kier molecular flexibility index (Phi) is 3.07. The van der Waals surface area contributed by atoms with Crippen molar-refractivity contribution in [1.29, 1.82) is 0 Å². The minimum atomic E-state index is -0.794. The van der Waals surface area contributed by atoms with Crippen LogP contribution >= 0.6 is 11.6 Å². The molecular formula is C12H12ClNO3. The summed E-state index contributed by atoms with van der Waals surface area (Å²) in [6.45, 7) is 1.67. The van der Waals surface area contributed by atoms with Crippen LogP contribution in [-0.4, -0.2) is 24.8 Å². The molecule has 1 saturated heterocycles. The highest BCUT2D eigenvalue weighted by atomic mass is 35.5. The molecule has 0 aromatic heterocycles. The topological polar surface area (TPSA) is 55.4 Å². The SMILES string of the molecule is COc1cc(Cl)ccc1C1C(=O)NC(C)C1=O. The van der Waals surface area contributed by atoms with Crippen LogP contribution in [0.5, 0.6) is 5.75 Å². The Hall–Kier alpha value is -1.55. The Morgan fingerprint density at radius 1 is 1.35 bits per heavy atom. The summed E-state index contributed by atoms with van der Waals surface area (Å²) in [5.74, 6) is -0.768. The lowest BCUT2D eigenvalue weighted by atomic mass is 9.94. The molecule has 17 heavy (non-hydrogen) atoms. The van der Waals surface area contributed by atoms with Crippen molar-refractivity contribution >= 4 is 23.3 Å². The third kappa shape index (κ3) is 2.00.